The summed E-state index contributed by atoms with van der Waals surface area (Å²) in [6, 6.07) is -3.75. The van der Waals surface area contributed by atoms with Crippen LogP contribution >= 0.6 is 11.8 Å². The van der Waals surface area contributed by atoms with Gasteiger partial charge in [-0.2, -0.15) is 11.8 Å². The van der Waals surface area contributed by atoms with Gasteiger partial charge in [0.05, 0.1) is 13.0 Å². The van der Waals surface area contributed by atoms with E-state index < -0.39 is 54.2 Å². The summed E-state index contributed by atoms with van der Waals surface area (Å²) in [7, 11) is 0. The van der Waals surface area contributed by atoms with Crippen LogP contribution < -0.4 is 21.7 Å². The van der Waals surface area contributed by atoms with Crippen molar-refractivity contribution in [1.82, 2.24) is 16.0 Å². The quantitative estimate of drug-likeness (QED) is 0.203. The lowest BCUT2D eigenvalue weighted by Gasteiger charge is -2.25. The molecular formula is C16H28N4O7S. The van der Waals surface area contributed by atoms with E-state index in [1.54, 1.807) is 20.1 Å². The van der Waals surface area contributed by atoms with Gasteiger partial charge in [0.2, 0.25) is 17.7 Å². The number of carboxylic acid groups (broad SMARTS) is 2. The third-order valence-electron chi connectivity index (χ3n) is 3.69. The number of nitrogens with two attached hydrogens (primary N) is 1. The normalized spacial score (nSPS) is 13.9. The van der Waals surface area contributed by atoms with Crippen LogP contribution in [-0.2, 0) is 24.0 Å². The van der Waals surface area contributed by atoms with E-state index in [9.17, 15) is 29.1 Å². The van der Waals surface area contributed by atoms with Crippen LogP contribution in [0, 0.1) is 5.92 Å². The molecule has 3 unspecified atom stereocenters. The first-order valence-electron chi connectivity index (χ1n) is 8.57. The average Bonchev–Trinajstić information content (AvgIpc) is 2.60. The maximum atomic E-state index is 12.5. The van der Waals surface area contributed by atoms with Crippen LogP contribution in [0.25, 0.3) is 0 Å². The van der Waals surface area contributed by atoms with Gasteiger partial charge in [-0.15, -0.1) is 0 Å². The average molecular weight is 420 g/mol. The topological polar surface area (TPSA) is 188 Å². The lowest BCUT2D eigenvalue weighted by Crippen LogP contribution is -2.57. The number of rotatable bonds is 13. The van der Waals surface area contributed by atoms with Gasteiger partial charge in [-0.25, -0.2) is 4.79 Å². The highest BCUT2D eigenvalue weighted by molar-refractivity contribution is 7.98. The second kappa shape index (κ2) is 12.9. The Bertz CT molecular complexity index is 585. The highest BCUT2D eigenvalue weighted by Crippen LogP contribution is 2.06. The molecule has 3 amide bonds. The Morgan fingerprint density at radius 2 is 1.54 bits per heavy atom. The van der Waals surface area contributed by atoms with Crippen molar-refractivity contribution in [3.8, 4) is 0 Å². The van der Waals surface area contributed by atoms with E-state index in [1.807, 2.05) is 0 Å². The molecule has 0 spiro atoms. The van der Waals surface area contributed by atoms with E-state index in [4.69, 9.17) is 10.8 Å². The molecule has 0 fully saturated rings. The van der Waals surface area contributed by atoms with Gasteiger partial charge in [-0.05, 0) is 24.3 Å². The van der Waals surface area contributed by atoms with E-state index >= 15 is 0 Å². The standard InChI is InChI=1S/C16H28N4O7S/c1-8(2)13(20-11(21)7-17)15(25)19-10(6-12(22)23)14(24)18-9(16(26)27)4-5-28-3/h8-10,13H,4-7,17H2,1-3H3,(H,18,24)(H,19,25)(H,20,21)(H,22,23)(H,26,27). The van der Waals surface area contributed by atoms with Crippen molar-refractivity contribution < 1.29 is 34.2 Å². The molecule has 11 nitrogen and oxygen atoms in total. The molecule has 160 valence electrons. The van der Waals surface area contributed by atoms with Crippen LogP contribution in [0.3, 0.4) is 0 Å². The maximum Gasteiger partial charge on any atom is 0.326 e. The highest BCUT2D eigenvalue weighted by Gasteiger charge is 2.31. The van der Waals surface area contributed by atoms with Gasteiger partial charge in [0, 0.05) is 0 Å². The lowest BCUT2D eigenvalue weighted by atomic mass is 10.0. The number of amides is 3. The minimum Gasteiger partial charge on any atom is -0.481 e. The van der Waals surface area contributed by atoms with Gasteiger partial charge in [0.1, 0.15) is 18.1 Å². The molecule has 0 rings (SSSR count). The monoisotopic (exact) mass is 420 g/mol. The molecule has 0 aromatic carbocycles. The molecule has 7 N–H and O–H groups in total. The zero-order valence-corrected chi connectivity index (χ0v) is 16.9. The first-order valence-corrected chi connectivity index (χ1v) is 9.96. The minimum atomic E-state index is -1.50. The second-order valence-electron chi connectivity index (χ2n) is 6.33. The molecule has 0 saturated carbocycles. The summed E-state index contributed by atoms with van der Waals surface area (Å²) in [5, 5.41) is 25.1. The molecule has 28 heavy (non-hydrogen) atoms. The molecule has 0 saturated heterocycles. The maximum absolute atomic E-state index is 12.5. The van der Waals surface area contributed by atoms with E-state index in [0.29, 0.717) is 5.75 Å². The van der Waals surface area contributed by atoms with Crippen LogP contribution in [-0.4, -0.2) is 76.6 Å². The van der Waals surface area contributed by atoms with Crippen molar-refractivity contribution in [3.05, 3.63) is 0 Å². The number of hydrogen-bond acceptors (Lipinski definition) is 7. The van der Waals surface area contributed by atoms with Crippen LogP contribution in [0.5, 0.6) is 0 Å². The first-order chi connectivity index (χ1) is 13.0. The Hall–Kier alpha value is -2.34. The van der Waals surface area contributed by atoms with Gasteiger partial charge in [0.15, 0.2) is 0 Å². The molecule has 0 aliphatic carbocycles. The largest absolute Gasteiger partial charge is 0.481 e. The number of carbonyl (C=O) groups is 5. The molecule has 3 atom stereocenters. The molecule has 0 aliphatic rings. The van der Waals surface area contributed by atoms with E-state index in [-0.39, 0.29) is 18.9 Å². The van der Waals surface area contributed by atoms with Crippen molar-refractivity contribution in [2.45, 2.75) is 44.8 Å². The summed E-state index contributed by atoms with van der Waals surface area (Å²) in [4.78, 5) is 58.7. The molecule has 0 heterocycles. The van der Waals surface area contributed by atoms with Gasteiger partial charge >= 0.3 is 11.9 Å². The molecule has 0 radical (unpaired) electrons. The fraction of sp³-hybridized carbons (Fsp3) is 0.688. The Morgan fingerprint density at radius 3 is 1.96 bits per heavy atom. The van der Waals surface area contributed by atoms with Crippen molar-refractivity contribution >= 4 is 41.4 Å². The van der Waals surface area contributed by atoms with Gasteiger partial charge in [0.25, 0.3) is 0 Å². The fourth-order valence-corrected chi connectivity index (χ4v) is 2.65. The summed E-state index contributed by atoms with van der Waals surface area (Å²) in [6.45, 7) is 2.96. The van der Waals surface area contributed by atoms with Gasteiger partial charge in [-0.1, -0.05) is 13.8 Å². The van der Waals surface area contributed by atoms with Crippen LogP contribution in [0.4, 0.5) is 0 Å². The lowest BCUT2D eigenvalue weighted by molar-refractivity contribution is -0.143. The van der Waals surface area contributed by atoms with Crippen molar-refractivity contribution in [3.63, 3.8) is 0 Å². The number of carboxylic acids is 2. The zero-order chi connectivity index (χ0) is 21.9. The Kier molecular flexibility index (Phi) is 11.9. The van der Waals surface area contributed by atoms with Crippen LogP contribution in [0.2, 0.25) is 0 Å². The van der Waals surface area contributed by atoms with E-state index in [2.05, 4.69) is 16.0 Å². The SMILES string of the molecule is CSCCC(NC(=O)C(CC(=O)O)NC(=O)C(NC(=O)CN)C(C)C)C(=O)O. The predicted molar refractivity (Wildman–Crippen MR) is 103 cm³/mol. The number of aliphatic carboxylic acids is 2. The van der Waals surface area contributed by atoms with E-state index in [0.717, 1.165) is 0 Å². The molecule has 0 bridgehead atoms. The third kappa shape index (κ3) is 9.55. The van der Waals surface area contributed by atoms with E-state index in [1.165, 1.54) is 11.8 Å². The summed E-state index contributed by atoms with van der Waals surface area (Å²) >= 11 is 1.39. The molecule has 0 aromatic heterocycles. The Morgan fingerprint density at radius 1 is 0.964 bits per heavy atom. The second-order valence-corrected chi connectivity index (χ2v) is 7.32. The summed E-state index contributed by atoms with van der Waals surface area (Å²) < 4.78 is 0. The summed E-state index contributed by atoms with van der Waals surface area (Å²) in [6.07, 6.45) is 1.16. The first kappa shape index (κ1) is 25.7. The molecular weight excluding hydrogens is 392 g/mol. The minimum absolute atomic E-state index is 0.136. The molecule has 12 heteroatoms. The molecule has 0 aromatic rings. The highest BCUT2D eigenvalue weighted by atomic mass is 32.2. The third-order valence-corrected chi connectivity index (χ3v) is 4.33. The van der Waals surface area contributed by atoms with Crippen molar-refractivity contribution in [2.24, 2.45) is 11.7 Å². The van der Waals surface area contributed by atoms with Crippen LogP contribution in [0.1, 0.15) is 26.7 Å². The van der Waals surface area contributed by atoms with Crippen molar-refractivity contribution in [2.75, 3.05) is 18.6 Å². The fourth-order valence-electron chi connectivity index (χ4n) is 2.18. The number of nitrogens with one attached hydrogen (secondary N) is 3. The number of hydrogen-bond donors (Lipinski definition) is 6. The smallest absolute Gasteiger partial charge is 0.326 e. The summed E-state index contributed by atoms with van der Waals surface area (Å²) in [5.74, 6) is -4.81. The predicted octanol–water partition coefficient (Wildman–Crippen LogP) is -1.63. The van der Waals surface area contributed by atoms with Crippen LogP contribution in [0.15, 0.2) is 0 Å². The molecule has 0 aliphatic heterocycles. The number of thioether (sulfide) groups is 1. The Labute approximate surface area is 167 Å². The summed E-state index contributed by atoms with van der Waals surface area (Å²) in [5.41, 5.74) is 5.22. The van der Waals surface area contributed by atoms with Gasteiger partial charge < -0.3 is 31.9 Å². The number of carbonyl (C=O) groups excluding carboxylic acids is 3. The zero-order valence-electron chi connectivity index (χ0n) is 16.1. The van der Waals surface area contributed by atoms with Crippen molar-refractivity contribution in [1.29, 1.82) is 0 Å². The Balaban J connectivity index is 5.29. The van der Waals surface area contributed by atoms with Gasteiger partial charge in [-0.3, -0.25) is 19.2 Å².